The zero-order valence-corrected chi connectivity index (χ0v) is 11.2. The van der Waals surface area contributed by atoms with Crippen molar-refractivity contribution in [3.63, 3.8) is 0 Å². The molecular weight excluding hydrogens is 252 g/mol. The van der Waals surface area contributed by atoms with E-state index < -0.39 is 0 Å². The van der Waals surface area contributed by atoms with E-state index in [1.165, 1.54) is 0 Å². The molecular formula is C13H19ClN2O2. The first-order chi connectivity index (χ1) is 8.27. The Balaban J connectivity index is 0.00000162. The van der Waals surface area contributed by atoms with Crippen molar-refractivity contribution in [3.8, 4) is 0 Å². The molecule has 18 heavy (non-hydrogen) atoms. The van der Waals surface area contributed by atoms with Crippen LogP contribution in [0.5, 0.6) is 0 Å². The third-order valence-electron chi connectivity index (χ3n) is 2.88. The minimum absolute atomic E-state index is 0. The topological polar surface area (TPSA) is 50.4 Å². The number of amides is 1. The van der Waals surface area contributed by atoms with E-state index in [1.54, 1.807) is 0 Å². The molecule has 1 heterocycles. The summed E-state index contributed by atoms with van der Waals surface area (Å²) in [6.45, 7) is 3.98. The fourth-order valence-corrected chi connectivity index (χ4v) is 1.87. The highest BCUT2D eigenvalue weighted by Gasteiger charge is 2.22. The van der Waals surface area contributed by atoms with Gasteiger partial charge in [0.25, 0.3) is 5.91 Å². The molecule has 2 atom stereocenters. The van der Waals surface area contributed by atoms with Crippen LogP contribution < -0.4 is 10.6 Å². The molecule has 2 N–H and O–H groups in total. The van der Waals surface area contributed by atoms with Gasteiger partial charge in [0.1, 0.15) is 6.10 Å². The van der Waals surface area contributed by atoms with Gasteiger partial charge in [0.2, 0.25) is 0 Å². The highest BCUT2D eigenvalue weighted by molar-refractivity contribution is 5.85. The minimum atomic E-state index is -0.366. The van der Waals surface area contributed by atoms with Crippen molar-refractivity contribution in [2.24, 2.45) is 0 Å². The van der Waals surface area contributed by atoms with Crippen LogP contribution in [0.4, 0.5) is 0 Å². The van der Waals surface area contributed by atoms with Crippen LogP contribution in [0.3, 0.4) is 0 Å². The monoisotopic (exact) mass is 270 g/mol. The van der Waals surface area contributed by atoms with Gasteiger partial charge in [-0.2, -0.15) is 0 Å². The van der Waals surface area contributed by atoms with Crippen LogP contribution in [0.1, 0.15) is 18.5 Å². The molecule has 0 saturated carbocycles. The first-order valence-electron chi connectivity index (χ1n) is 5.95. The van der Waals surface area contributed by atoms with Gasteiger partial charge in [0, 0.05) is 13.1 Å². The molecule has 1 aliphatic rings. The maximum absolute atomic E-state index is 11.9. The molecule has 1 saturated heterocycles. The van der Waals surface area contributed by atoms with Crippen LogP contribution in [0.25, 0.3) is 0 Å². The number of hydrogen-bond acceptors (Lipinski definition) is 3. The van der Waals surface area contributed by atoms with Crippen molar-refractivity contribution >= 4 is 18.3 Å². The molecule has 5 heteroatoms. The predicted octanol–water partition coefficient (Wildman–Crippen LogP) is 1.27. The Morgan fingerprint density at radius 1 is 1.44 bits per heavy atom. The number of rotatable bonds is 3. The van der Waals surface area contributed by atoms with Crippen LogP contribution >= 0.6 is 12.4 Å². The van der Waals surface area contributed by atoms with Gasteiger partial charge in [-0.25, -0.2) is 0 Å². The highest BCUT2D eigenvalue weighted by Crippen LogP contribution is 2.11. The molecule has 0 aromatic heterocycles. The normalized spacial score (nSPS) is 20.6. The summed E-state index contributed by atoms with van der Waals surface area (Å²) in [6, 6.07) is 9.92. The van der Waals surface area contributed by atoms with Gasteiger partial charge in [-0.15, -0.1) is 12.4 Å². The summed E-state index contributed by atoms with van der Waals surface area (Å²) in [5.41, 5.74) is 1.10. The first kappa shape index (κ1) is 15.0. The first-order valence-corrected chi connectivity index (χ1v) is 5.95. The van der Waals surface area contributed by atoms with Crippen molar-refractivity contribution in [2.75, 3.05) is 19.7 Å². The summed E-state index contributed by atoms with van der Waals surface area (Å²) in [6.07, 6.45) is -0.366. The molecule has 0 spiro atoms. The number of halogens is 1. The van der Waals surface area contributed by atoms with Gasteiger partial charge in [0.15, 0.2) is 0 Å². The summed E-state index contributed by atoms with van der Waals surface area (Å²) in [4.78, 5) is 11.9. The third-order valence-corrected chi connectivity index (χ3v) is 2.88. The smallest absolute Gasteiger partial charge is 0.250 e. The molecule has 2 unspecified atom stereocenters. The number of nitrogens with one attached hydrogen (secondary N) is 2. The lowest BCUT2D eigenvalue weighted by Gasteiger charge is -2.24. The number of carbonyl (C=O) groups excluding carboxylic acids is 1. The van der Waals surface area contributed by atoms with Crippen LogP contribution in [0.15, 0.2) is 30.3 Å². The molecule has 100 valence electrons. The minimum Gasteiger partial charge on any atom is -0.366 e. The quantitative estimate of drug-likeness (QED) is 0.870. The largest absolute Gasteiger partial charge is 0.366 e. The molecule has 2 rings (SSSR count). The van der Waals surface area contributed by atoms with Gasteiger partial charge in [-0.1, -0.05) is 30.3 Å². The van der Waals surface area contributed by atoms with Gasteiger partial charge in [-0.3, -0.25) is 4.79 Å². The van der Waals surface area contributed by atoms with Gasteiger partial charge in [0.05, 0.1) is 12.6 Å². The Morgan fingerprint density at radius 2 is 2.17 bits per heavy atom. The third kappa shape index (κ3) is 3.98. The van der Waals surface area contributed by atoms with Crippen molar-refractivity contribution in [3.05, 3.63) is 35.9 Å². The average Bonchev–Trinajstić information content (AvgIpc) is 2.40. The fourth-order valence-electron chi connectivity index (χ4n) is 1.87. The average molecular weight is 271 g/mol. The Bertz CT molecular complexity index is 367. The Morgan fingerprint density at radius 3 is 2.78 bits per heavy atom. The van der Waals surface area contributed by atoms with Gasteiger partial charge in [-0.05, 0) is 12.5 Å². The van der Waals surface area contributed by atoms with Crippen LogP contribution in [0.2, 0.25) is 0 Å². The molecule has 1 aromatic rings. The van der Waals surface area contributed by atoms with E-state index in [0.29, 0.717) is 13.2 Å². The predicted molar refractivity (Wildman–Crippen MR) is 72.9 cm³/mol. The summed E-state index contributed by atoms with van der Waals surface area (Å²) in [5.74, 6) is -0.0476. The molecule has 1 amide bonds. The van der Waals surface area contributed by atoms with E-state index in [4.69, 9.17) is 4.74 Å². The van der Waals surface area contributed by atoms with E-state index >= 15 is 0 Å². The lowest BCUT2D eigenvalue weighted by molar-refractivity contribution is -0.134. The lowest BCUT2D eigenvalue weighted by atomic mass is 10.1. The summed E-state index contributed by atoms with van der Waals surface area (Å²) >= 11 is 0. The molecule has 0 radical (unpaired) electrons. The molecule has 1 aliphatic heterocycles. The van der Waals surface area contributed by atoms with E-state index in [9.17, 15) is 4.79 Å². The number of morpholine rings is 1. The summed E-state index contributed by atoms with van der Waals surface area (Å²) in [5, 5.41) is 6.10. The lowest BCUT2D eigenvalue weighted by Crippen LogP contribution is -2.48. The standard InChI is InChI=1S/C13H18N2O2.ClH/c1-10(11-5-3-2-4-6-11)15-13(16)12-9-14-7-8-17-12;/h2-6,10,12,14H,7-9H2,1H3,(H,15,16);1H. The fraction of sp³-hybridized carbons (Fsp3) is 0.462. The van der Waals surface area contributed by atoms with Crippen molar-refractivity contribution < 1.29 is 9.53 Å². The Kier molecular flexibility index (Phi) is 6.12. The summed E-state index contributed by atoms with van der Waals surface area (Å²) in [7, 11) is 0. The van der Waals surface area contributed by atoms with E-state index in [0.717, 1.165) is 12.1 Å². The van der Waals surface area contributed by atoms with E-state index in [-0.39, 0.29) is 30.5 Å². The van der Waals surface area contributed by atoms with Crippen molar-refractivity contribution in [1.82, 2.24) is 10.6 Å². The van der Waals surface area contributed by atoms with E-state index in [1.807, 2.05) is 37.3 Å². The van der Waals surface area contributed by atoms with Crippen molar-refractivity contribution in [1.29, 1.82) is 0 Å². The maximum atomic E-state index is 11.9. The number of carbonyl (C=O) groups is 1. The summed E-state index contributed by atoms with van der Waals surface area (Å²) < 4.78 is 5.40. The van der Waals surface area contributed by atoms with Gasteiger partial charge < -0.3 is 15.4 Å². The van der Waals surface area contributed by atoms with Crippen molar-refractivity contribution in [2.45, 2.75) is 19.1 Å². The number of hydrogen-bond donors (Lipinski definition) is 2. The molecule has 4 nitrogen and oxygen atoms in total. The zero-order valence-electron chi connectivity index (χ0n) is 10.4. The zero-order chi connectivity index (χ0) is 12.1. The maximum Gasteiger partial charge on any atom is 0.250 e. The molecule has 0 bridgehead atoms. The second kappa shape index (κ2) is 7.36. The number of benzene rings is 1. The second-order valence-corrected chi connectivity index (χ2v) is 4.20. The Labute approximate surface area is 114 Å². The van der Waals surface area contributed by atoms with Crippen LogP contribution in [0, 0.1) is 0 Å². The molecule has 1 fully saturated rings. The van der Waals surface area contributed by atoms with Gasteiger partial charge >= 0.3 is 0 Å². The molecule has 0 aliphatic carbocycles. The number of ether oxygens (including phenoxy) is 1. The van der Waals surface area contributed by atoms with Crippen LogP contribution in [-0.2, 0) is 9.53 Å². The second-order valence-electron chi connectivity index (χ2n) is 4.20. The Hall–Kier alpha value is -1.10. The molecule has 1 aromatic carbocycles. The van der Waals surface area contributed by atoms with Crippen LogP contribution in [-0.4, -0.2) is 31.7 Å². The van der Waals surface area contributed by atoms with E-state index in [2.05, 4.69) is 10.6 Å². The SMILES string of the molecule is CC(NC(=O)C1CNCCO1)c1ccccc1.Cl. The highest BCUT2D eigenvalue weighted by atomic mass is 35.5.